The number of aliphatic hydroxyl groups is 1. The molecule has 0 radical (unpaired) electrons. The molecule has 3 unspecified atom stereocenters. The minimum atomic E-state index is -3.97. The lowest BCUT2D eigenvalue weighted by molar-refractivity contribution is -0.138. The molecular weight excluding hydrogens is 466 g/mol. The summed E-state index contributed by atoms with van der Waals surface area (Å²) in [6.45, 7) is 5.33. The number of anilines is 1. The Balaban J connectivity index is 1.57. The van der Waals surface area contributed by atoms with Crippen molar-refractivity contribution in [2.45, 2.75) is 69.4 Å². The Labute approximate surface area is 207 Å². The number of aryl methyl sites for hydroxylation is 1. The number of nitrogens with zero attached hydrogens (tertiary/aromatic N) is 2. The molecule has 2 aromatic rings. The SMILES string of the molecule is CC1CNc2c(cccc2S(=O)(=O)NC(CCCc2c[nH]cn2)C(=O)N2CC[C@H](C)CC2CO)C1. The number of fused-ring (bicyclic) bond motifs is 1. The van der Waals surface area contributed by atoms with Gasteiger partial charge in [0.15, 0.2) is 0 Å². The fraction of sp³-hybridized carbons (Fsp3) is 0.600. The van der Waals surface area contributed by atoms with Crippen molar-refractivity contribution in [2.75, 3.05) is 25.0 Å². The molecule has 10 heteroatoms. The lowest BCUT2D eigenvalue weighted by Crippen LogP contribution is -2.55. The van der Waals surface area contributed by atoms with Crippen LogP contribution in [0.2, 0.25) is 0 Å². The number of likely N-dealkylation sites (tertiary alicyclic amines) is 1. The predicted octanol–water partition coefficient (Wildman–Crippen LogP) is 2.30. The number of rotatable bonds is 9. The van der Waals surface area contributed by atoms with Crippen LogP contribution in [0.4, 0.5) is 5.69 Å². The van der Waals surface area contributed by atoms with E-state index in [0.717, 1.165) is 24.1 Å². The van der Waals surface area contributed by atoms with Gasteiger partial charge >= 0.3 is 0 Å². The third-order valence-corrected chi connectivity index (χ3v) is 8.66. The number of amides is 1. The number of carbonyl (C=O) groups is 1. The molecule has 1 fully saturated rings. The van der Waals surface area contributed by atoms with Gasteiger partial charge in [0.05, 0.1) is 30.4 Å². The minimum absolute atomic E-state index is 0.128. The molecular formula is C25H37N5O4S. The van der Waals surface area contributed by atoms with Gasteiger partial charge in [0, 0.05) is 19.3 Å². The molecule has 4 atom stereocenters. The van der Waals surface area contributed by atoms with Crippen LogP contribution < -0.4 is 10.0 Å². The number of aromatic amines is 1. The number of benzene rings is 1. The zero-order valence-electron chi connectivity index (χ0n) is 20.5. The van der Waals surface area contributed by atoms with Gasteiger partial charge in [-0.25, -0.2) is 13.4 Å². The van der Waals surface area contributed by atoms with E-state index < -0.39 is 16.1 Å². The number of para-hydroxylation sites is 1. The van der Waals surface area contributed by atoms with Crippen molar-refractivity contribution < 1.29 is 18.3 Å². The molecule has 0 bridgehead atoms. The summed E-state index contributed by atoms with van der Waals surface area (Å²) in [5.41, 5.74) is 2.47. The third-order valence-electron chi connectivity index (χ3n) is 7.15. The Morgan fingerprint density at radius 2 is 2.14 bits per heavy atom. The number of aliphatic hydroxyl groups excluding tert-OH is 1. The van der Waals surface area contributed by atoms with Gasteiger partial charge in [-0.2, -0.15) is 4.72 Å². The largest absolute Gasteiger partial charge is 0.394 e. The summed E-state index contributed by atoms with van der Waals surface area (Å²) in [5, 5.41) is 13.2. The Morgan fingerprint density at radius 3 is 2.89 bits per heavy atom. The summed E-state index contributed by atoms with van der Waals surface area (Å²) in [5.74, 6) is 0.560. The van der Waals surface area contributed by atoms with Crippen molar-refractivity contribution in [3.63, 3.8) is 0 Å². The highest BCUT2D eigenvalue weighted by Crippen LogP contribution is 2.32. The zero-order chi connectivity index (χ0) is 25.0. The predicted molar refractivity (Wildman–Crippen MR) is 134 cm³/mol. The van der Waals surface area contributed by atoms with Gasteiger partial charge in [-0.15, -0.1) is 0 Å². The van der Waals surface area contributed by atoms with Crippen LogP contribution in [0.25, 0.3) is 0 Å². The number of piperidine rings is 1. The van der Waals surface area contributed by atoms with E-state index in [2.05, 4.69) is 33.9 Å². The molecule has 0 saturated carbocycles. The number of aromatic nitrogens is 2. The first-order chi connectivity index (χ1) is 16.8. The van der Waals surface area contributed by atoms with Gasteiger partial charge < -0.3 is 20.3 Å². The maximum absolute atomic E-state index is 13.7. The van der Waals surface area contributed by atoms with Crippen LogP contribution >= 0.6 is 0 Å². The summed E-state index contributed by atoms with van der Waals surface area (Å²) < 4.78 is 29.9. The van der Waals surface area contributed by atoms with Crippen molar-refractivity contribution in [2.24, 2.45) is 11.8 Å². The fourth-order valence-electron chi connectivity index (χ4n) is 5.21. The lowest BCUT2D eigenvalue weighted by atomic mass is 9.92. The zero-order valence-corrected chi connectivity index (χ0v) is 21.4. The second-order valence-corrected chi connectivity index (χ2v) is 11.8. The normalized spacial score (nSPS) is 23.4. The van der Waals surface area contributed by atoms with E-state index in [0.29, 0.717) is 56.3 Å². The van der Waals surface area contributed by atoms with Crippen LogP contribution in [0.5, 0.6) is 0 Å². The maximum atomic E-state index is 13.7. The number of nitrogens with one attached hydrogen (secondary N) is 3. The number of hydrogen-bond acceptors (Lipinski definition) is 6. The first-order valence-corrected chi connectivity index (χ1v) is 14.0. The lowest BCUT2D eigenvalue weighted by Gasteiger charge is -2.39. The van der Waals surface area contributed by atoms with E-state index in [1.807, 2.05) is 6.07 Å². The van der Waals surface area contributed by atoms with Crippen molar-refractivity contribution in [3.05, 3.63) is 42.0 Å². The molecule has 1 aromatic heterocycles. The van der Waals surface area contributed by atoms with Crippen LogP contribution in [0.1, 0.15) is 50.8 Å². The Morgan fingerprint density at radius 1 is 1.31 bits per heavy atom. The molecule has 0 aliphatic carbocycles. The first-order valence-electron chi connectivity index (χ1n) is 12.6. The van der Waals surface area contributed by atoms with Crippen molar-refractivity contribution in [3.8, 4) is 0 Å². The summed E-state index contributed by atoms with van der Waals surface area (Å²) in [6.07, 6.45) is 7.34. The molecule has 0 spiro atoms. The third kappa shape index (κ3) is 6.05. The molecule has 2 aliphatic rings. The van der Waals surface area contributed by atoms with Gasteiger partial charge in [-0.05, 0) is 62.0 Å². The maximum Gasteiger partial charge on any atom is 0.243 e. The molecule has 1 saturated heterocycles. The average Bonchev–Trinajstić information content (AvgIpc) is 3.35. The van der Waals surface area contributed by atoms with Gasteiger partial charge in [0.25, 0.3) is 0 Å². The molecule has 4 rings (SSSR count). The summed E-state index contributed by atoms with van der Waals surface area (Å²) in [4.78, 5) is 22.7. The second-order valence-electron chi connectivity index (χ2n) is 10.1. The summed E-state index contributed by atoms with van der Waals surface area (Å²) >= 11 is 0. The van der Waals surface area contributed by atoms with Crippen molar-refractivity contribution >= 4 is 21.6 Å². The highest BCUT2D eigenvalue weighted by atomic mass is 32.2. The Hall–Kier alpha value is -2.43. The fourth-order valence-corrected chi connectivity index (χ4v) is 6.66. The number of sulfonamides is 1. The van der Waals surface area contributed by atoms with E-state index in [1.165, 1.54) is 0 Å². The minimum Gasteiger partial charge on any atom is -0.394 e. The average molecular weight is 504 g/mol. The van der Waals surface area contributed by atoms with Crippen LogP contribution in [0.15, 0.2) is 35.6 Å². The van der Waals surface area contributed by atoms with E-state index in [9.17, 15) is 18.3 Å². The van der Waals surface area contributed by atoms with E-state index in [1.54, 1.807) is 29.6 Å². The number of H-pyrrole nitrogens is 1. The van der Waals surface area contributed by atoms with E-state index >= 15 is 0 Å². The summed E-state index contributed by atoms with van der Waals surface area (Å²) in [7, 11) is -3.97. The second kappa shape index (κ2) is 11.1. The number of imidazole rings is 1. The number of carbonyl (C=O) groups excluding carboxylic acids is 1. The highest BCUT2D eigenvalue weighted by Gasteiger charge is 2.36. The van der Waals surface area contributed by atoms with E-state index in [-0.39, 0.29) is 23.5 Å². The standard InChI is InChI=1S/C25H37N5O4S/c1-17-9-10-30(21(12-17)15-31)25(32)22(7-4-6-20-14-26-16-28-20)29-35(33,34)23-8-3-5-19-11-18(2)13-27-24(19)23/h3,5,8,14,16-18,21-22,27,29,31H,4,6-7,9-13,15H2,1-2H3,(H,26,28)/t17-,18?,21?,22?/m0/s1. The molecule has 2 aliphatic heterocycles. The smallest absolute Gasteiger partial charge is 0.243 e. The number of hydrogen-bond donors (Lipinski definition) is 4. The van der Waals surface area contributed by atoms with Gasteiger partial charge in [-0.1, -0.05) is 26.0 Å². The molecule has 1 aromatic carbocycles. The van der Waals surface area contributed by atoms with Crippen LogP contribution in [0.3, 0.4) is 0 Å². The van der Waals surface area contributed by atoms with Crippen LogP contribution in [-0.4, -0.2) is 66.1 Å². The van der Waals surface area contributed by atoms with E-state index in [4.69, 9.17) is 0 Å². The van der Waals surface area contributed by atoms with Crippen molar-refractivity contribution in [1.29, 1.82) is 0 Å². The molecule has 9 nitrogen and oxygen atoms in total. The molecule has 192 valence electrons. The van der Waals surface area contributed by atoms with Crippen LogP contribution in [-0.2, 0) is 27.7 Å². The van der Waals surface area contributed by atoms with Gasteiger partial charge in [-0.3, -0.25) is 4.79 Å². The topological polar surface area (TPSA) is 127 Å². The van der Waals surface area contributed by atoms with Crippen LogP contribution in [0, 0.1) is 11.8 Å². The highest BCUT2D eigenvalue weighted by molar-refractivity contribution is 7.89. The quantitative estimate of drug-likeness (QED) is 0.416. The first kappa shape index (κ1) is 25.7. The summed E-state index contributed by atoms with van der Waals surface area (Å²) in [6, 6.07) is 4.09. The van der Waals surface area contributed by atoms with Gasteiger partial charge in [0.1, 0.15) is 10.9 Å². The molecule has 3 heterocycles. The molecule has 4 N–H and O–H groups in total. The molecule has 1 amide bonds. The molecule has 35 heavy (non-hydrogen) atoms. The van der Waals surface area contributed by atoms with Gasteiger partial charge in [0.2, 0.25) is 15.9 Å². The van der Waals surface area contributed by atoms with Crippen molar-refractivity contribution in [1.82, 2.24) is 19.6 Å². The monoisotopic (exact) mass is 503 g/mol. The Bertz CT molecular complexity index is 1110. The Kier molecular flexibility index (Phi) is 8.13.